The first-order valence-corrected chi connectivity index (χ1v) is 8.21. The molecule has 0 saturated carbocycles. The van der Waals surface area contributed by atoms with E-state index < -0.39 is 0 Å². The third-order valence-electron chi connectivity index (χ3n) is 3.37. The number of thiophene rings is 1. The summed E-state index contributed by atoms with van der Waals surface area (Å²) in [6.45, 7) is 2.81. The number of rotatable bonds is 2. The third-order valence-corrected chi connectivity index (χ3v) is 5.70. The standard InChI is InChI=1S/C14H13BrClN3S/c1-8-4-5-20-13(8)12-7-18-14(17)19(12)9-2-3-11(16)10(15)6-9/h2-6,12H,7H2,1H3,(H2,17,18). The molecule has 1 aliphatic heterocycles. The maximum absolute atomic E-state index is 6.08. The molecule has 104 valence electrons. The van der Waals surface area contributed by atoms with E-state index in [9.17, 15) is 0 Å². The van der Waals surface area contributed by atoms with Crippen LogP contribution < -0.4 is 10.6 Å². The summed E-state index contributed by atoms with van der Waals surface area (Å²) >= 11 is 11.3. The number of benzene rings is 1. The minimum atomic E-state index is 0.170. The van der Waals surface area contributed by atoms with E-state index in [0.717, 1.165) is 10.2 Å². The van der Waals surface area contributed by atoms with Gasteiger partial charge in [-0.05, 0) is 58.1 Å². The molecule has 0 fully saturated rings. The van der Waals surface area contributed by atoms with Crippen molar-refractivity contribution in [2.75, 3.05) is 11.4 Å². The monoisotopic (exact) mass is 369 g/mol. The Kier molecular flexibility index (Phi) is 3.75. The van der Waals surface area contributed by atoms with Gasteiger partial charge in [0.25, 0.3) is 0 Å². The number of halogens is 2. The normalized spacial score (nSPS) is 18.4. The molecule has 20 heavy (non-hydrogen) atoms. The van der Waals surface area contributed by atoms with Crippen LogP contribution in [0.2, 0.25) is 5.02 Å². The van der Waals surface area contributed by atoms with Gasteiger partial charge in [-0.3, -0.25) is 4.99 Å². The molecule has 0 aliphatic carbocycles. The minimum absolute atomic E-state index is 0.170. The summed E-state index contributed by atoms with van der Waals surface area (Å²) in [4.78, 5) is 7.78. The summed E-state index contributed by atoms with van der Waals surface area (Å²) in [7, 11) is 0. The summed E-state index contributed by atoms with van der Waals surface area (Å²) in [5, 5.41) is 2.79. The summed E-state index contributed by atoms with van der Waals surface area (Å²) < 4.78 is 0.859. The summed E-state index contributed by atoms with van der Waals surface area (Å²) in [6.07, 6.45) is 0. The predicted octanol–water partition coefficient (Wildman–Crippen LogP) is 4.35. The molecule has 2 N–H and O–H groups in total. The van der Waals surface area contributed by atoms with Gasteiger partial charge in [-0.1, -0.05) is 11.6 Å². The topological polar surface area (TPSA) is 41.6 Å². The Bertz CT molecular complexity index is 683. The number of hydrogen-bond donors (Lipinski definition) is 1. The fraction of sp³-hybridized carbons (Fsp3) is 0.214. The second-order valence-corrected chi connectivity index (χ2v) is 6.86. The van der Waals surface area contributed by atoms with Gasteiger partial charge in [-0.15, -0.1) is 11.3 Å². The van der Waals surface area contributed by atoms with Crippen molar-refractivity contribution in [3.63, 3.8) is 0 Å². The molecule has 1 atom stereocenters. The molecule has 3 rings (SSSR count). The summed E-state index contributed by atoms with van der Waals surface area (Å²) in [5.41, 5.74) is 8.36. The van der Waals surface area contributed by atoms with Crippen LogP contribution in [0.5, 0.6) is 0 Å². The van der Waals surface area contributed by atoms with Crippen molar-refractivity contribution in [1.29, 1.82) is 0 Å². The zero-order valence-corrected chi connectivity index (χ0v) is 14.0. The first kappa shape index (κ1) is 13.9. The Morgan fingerprint density at radius 2 is 2.25 bits per heavy atom. The molecule has 6 heteroatoms. The van der Waals surface area contributed by atoms with Crippen molar-refractivity contribution in [2.45, 2.75) is 13.0 Å². The zero-order chi connectivity index (χ0) is 14.3. The van der Waals surface area contributed by atoms with Gasteiger partial charge < -0.3 is 10.6 Å². The second-order valence-electron chi connectivity index (χ2n) is 4.65. The Morgan fingerprint density at radius 3 is 2.90 bits per heavy atom. The van der Waals surface area contributed by atoms with Gasteiger partial charge in [0.2, 0.25) is 0 Å². The number of nitrogens with two attached hydrogens (primary N) is 1. The molecule has 1 aromatic heterocycles. The summed E-state index contributed by atoms with van der Waals surface area (Å²) in [6, 6.07) is 8.11. The van der Waals surface area contributed by atoms with Crippen LogP contribution >= 0.6 is 38.9 Å². The number of nitrogens with zero attached hydrogens (tertiary/aromatic N) is 2. The molecule has 2 aromatic rings. The largest absolute Gasteiger partial charge is 0.369 e. The van der Waals surface area contributed by atoms with Crippen LogP contribution in [0.3, 0.4) is 0 Å². The average Bonchev–Trinajstić information content (AvgIpc) is 2.99. The molecular weight excluding hydrogens is 358 g/mol. The van der Waals surface area contributed by atoms with E-state index in [-0.39, 0.29) is 6.04 Å². The van der Waals surface area contributed by atoms with Crippen molar-refractivity contribution in [3.8, 4) is 0 Å². The van der Waals surface area contributed by atoms with Gasteiger partial charge in [0.15, 0.2) is 5.96 Å². The van der Waals surface area contributed by atoms with E-state index in [1.807, 2.05) is 18.2 Å². The lowest BCUT2D eigenvalue weighted by molar-refractivity contribution is 0.779. The lowest BCUT2D eigenvalue weighted by atomic mass is 10.1. The Morgan fingerprint density at radius 1 is 1.45 bits per heavy atom. The Labute approximate surface area is 135 Å². The zero-order valence-electron chi connectivity index (χ0n) is 10.8. The highest BCUT2D eigenvalue weighted by Gasteiger charge is 2.30. The van der Waals surface area contributed by atoms with E-state index in [1.165, 1.54) is 10.4 Å². The molecule has 3 nitrogen and oxygen atoms in total. The highest BCUT2D eigenvalue weighted by atomic mass is 79.9. The van der Waals surface area contributed by atoms with Crippen molar-refractivity contribution in [3.05, 3.63) is 49.6 Å². The molecule has 1 aliphatic rings. The lowest BCUT2D eigenvalue weighted by Gasteiger charge is -2.26. The Hall–Kier alpha value is -1.04. The van der Waals surface area contributed by atoms with E-state index in [0.29, 0.717) is 17.5 Å². The first-order valence-electron chi connectivity index (χ1n) is 6.16. The molecule has 0 amide bonds. The van der Waals surface area contributed by atoms with Crippen molar-refractivity contribution in [1.82, 2.24) is 0 Å². The Balaban J connectivity index is 2.02. The smallest absolute Gasteiger partial charge is 0.196 e. The van der Waals surface area contributed by atoms with Crippen LogP contribution in [0.1, 0.15) is 16.5 Å². The van der Waals surface area contributed by atoms with E-state index in [4.69, 9.17) is 17.3 Å². The maximum atomic E-state index is 6.08. The van der Waals surface area contributed by atoms with Crippen LogP contribution in [0.25, 0.3) is 0 Å². The van der Waals surface area contributed by atoms with Crippen molar-refractivity contribution in [2.24, 2.45) is 10.7 Å². The first-order chi connectivity index (χ1) is 9.58. The van der Waals surface area contributed by atoms with E-state index in [2.05, 4.69) is 44.2 Å². The molecule has 0 radical (unpaired) electrons. The SMILES string of the molecule is Cc1ccsc1C1CN=C(N)N1c1ccc(Cl)c(Br)c1. The molecular formula is C14H13BrClN3S. The molecule has 1 aromatic carbocycles. The van der Waals surface area contributed by atoms with Crippen LogP contribution in [-0.4, -0.2) is 12.5 Å². The fourth-order valence-electron chi connectivity index (χ4n) is 2.37. The van der Waals surface area contributed by atoms with Crippen molar-refractivity contribution >= 4 is 50.5 Å². The molecule has 0 spiro atoms. The highest BCUT2D eigenvalue weighted by Crippen LogP contribution is 2.37. The van der Waals surface area contributed by atoms with E-state index in [1.54, 1.807) is 11.3 Å². The van der Waals surface area contributed by atoms with Crippen LogP contribution in [0.4, 0.5) is 5.69 Å². The van der Waals surface area contributed by atoms with Gasteiger partial charge in [-0.2, -0.15) is 0 Å². The molecule has 2 heterocycles. The number of anilines is 1. The number of guanidine groups is 1. The number of aryl methyl sites for hydroxylation is 1. The summed E-state index contributed by atoms with van der Waals surface area (Å²) in [5.74, 6) is 0.553. The second kappa shape index (κ2) is 5.39. The average molecular weight is 371 g/mol. The number of aliphatic imine (C=N–C) groups is 1. The van der Waals surface area contributed by atoms with Gasteiger partial charge in [0, 0.05) is 15.0 Å². The van der Waals surface area contributed by atoms with Gasteiger partial charge in [-0.25, -0.2) is 0 Å². The predicted molar refractivity (Wildman–Crippen MR) is 89.9 cm³/mol. The van der Waals surface area contributed by atoms with E-state index >= 15 is 0 Å². The van der Waals surface area contributed by atoms with Gasteiger partial charge in [0.05, 0.1) is 17.6 Å². The van der Waals surface area contributed by atoms with Crippen molar-refractivity contribution < 1.29 is 0 Å². The minimum Gasteiger partial charge on any atom is -0.369 e. The van der Waals surface area contributed by atoms with Crippen LogP contribution in [0, 0.1) is 6.92 Å². The molecule has 0 saturated heterocycles. The lowest BCUT2D eigenvalue weighted by Crippen LogP contribution is -2.36. The maximum Gasteiger partial charge on any atom is 0.196 e. The molecule has 0 bridgehead atoms. The fourth-order valence-corrected chi connectivity index (χ4v) is 3.86. The quantitative estimate of drug-likeness (QED) is 0.854. The van der Waals surface area contributed by atoms with Gasteiger partial charge in [0.1, 0.15) is 0 Å². The van der Waals surface area contributed by atoms with Crippen LogP contribution in [0.15, 0.2) is 39.1 Å². The van der Waals surface area contributed by atoms with Crippen LogP contribution in [-0.2, 0) is 0 Å². The third kappa shape index (κ3) is 2.34. The molecule has 1 unspecified atom stereocenters. The van der Waals surface area contributed by atoms with Gasteiger partial charge >= 0.3 is 0 Å². The number of hydrogen-bond acceptors (Lipinski definition) is 4. The highest BCUT2D eigenvalue weighted by molar-refractivity contribution is 9.10.